The number of ether oxygens (including phenoxy) is 1. The summed E-state index contributed by atoms with van der Waals surface area (Å²) >= 11 is 0. The lowest BCUT2D eigenvalue weighted by molar-refractivity contribution is 0.0475. The van der Waals surface area contributed by atoms with E-state index in [4.69, 9.17) is 4.74 Å². The van der Waals surface area contributed by atoms with E-state index in [1.54, 1.807) is 6.20 Å². The standard InChI is InChI=1S/C22H22N2O2/c1-15-2-4-16(5-3-15)14-26-22(25)20-13-24-21-12-18(6-7-19(20)21)17-8-10-23-11-9-17/h2-8,12-13,23-24H,9-11,14H2,1H3. The Labute approximate surface area is 152 Å². The molecule has 1 aliphatic heterocycles. The lowest BCUT2D eigenvalue weighted by Crippen LogP contribution is -2.19. The molecule has 4 heteroatoms. The SMILES string of the molecule is Cc1ccc(COC(=O)c2c[nH]c3cc(C4=CCNCC4)ccc23)cc1. The number of hydrogen-bond acceptors (Lipinski definition) is 3. The van der Waals surface area contributed by atoms with E-state index in [0.29, 0.717) is 5.56 Å². The summed E-state index contributed by atoms with van der Waals surface area (Å²) in [5.74, 6) is -0.300. The molecule has 0 saturated heterocycles. The van der Waals surface area contributed by atoms with Crippen LogP contribution >= 0.6 is 0 Å². The number of aryl methyl sites for hydroxylation is 1. The van der Waals surface area contributed by atoms with Crippen LogP contribution in [-0.2, 0) is 11.3 Å². The Kier molecular flexibility index (Phi) is 4.59. The van der Waals surface area contributed by atoms with Crippen molar-refractivity contribution in [2.75, 3.05) is 13.1 Å². The fourth-order valence-corrected chi connectivity index (χ4v) is 3.29. The molecule has 0 fully saturated rings. The molecule has 1 aliphatic rings. The van der Waals surface area contributed by atoms with Crippen molar-refractivity contribution < 1.29 is 9.53 Å². The van der Waals surface area contributed by atoms with Gasteiger partial charge < -0.3 is 15.0 Å². The minimum absolute atomic E-state index is 0.282. The van der Waals surface area contributed by atoms with Gasteiger partial charge in [-0.15, -0.1) is 0 Å². The molecule has 0 atom stereocenters. The van der Waals surface area contributed by atoms with Crippen LogP contribution in [0.1, 0.15) is 33.5 Å². The monoisotopic (exact) mass is 346 g/mol. The Hall–Kier alpha value is -2.85. The highest BCUT2D eigenvalue weighted by atomic mass is 16.5. The first-order valence-corrected chi connectivity index (χ1v) is 8.94. The number of nitrogens with one attached hydrogen (secondary N) is 2. The summed E-state index contributed by atoms with van der Waals surface area (Å²) in [6.07, 6.45) is 4.99. The third-order valence-corrected chi connectivity index (χ3v) is 4.83. The summed E-state index contributed by atoms with van der Waals surface area (Å²) in [6.45, 7) is 4.24. The van der Waals surface area contributed by atoms with Crippen molar-refractivity contribution in [3.05, 3.63) is 77.0 Å². The molecule has 2 N–H and O–H groups in total. The highest BCUT2D eigenvalue weighted by Crippen LogP contribution is 2.26. The predicted molar refractivity (Wildman–Crippen MR) is 104 cm³/mol. The average Bonchev–Trinajstić information content (AvgIpc) is 3.11. The van der Waals surface area contributed by atoms with Crippen molar-refractivity contribution in [1.29, 1.82) is 0 Å². The Bertz CT molecular complexity index is 967. The zero-order valence-electron chi connectivity index (χ0n) is 14.8. The molecule has 4 rings (SSSR count). The van der Waals surface area contributed by atoms with E-state index in [1.807, 2.05) is 37.3 Å². The predicted octanol–water partition coefficient (Wildman–Crippen LogP) is 4.21. The van der Waals surface area contributed by atoms with Crippen LogP contribution in [0.4, 0.5) is 0 Å². The number of fused-ring (bicyclic) bond motifs is 1. The van der Waals surface area contributed by atoms with Crippen LogP contribution in [0.15, 0.2) is 54.7 Å². The Morgan fingerprint density at radius 3 is 2.77 bits per heavy atom. The highest BCUT2D eigenvalue weighted by Gasteiger charge is 2.15. The van der Waals surface area contributed by atoms with Crippen molar-refractivity contribution in [2.24, 2.45) is 0 Å². The Morgan fingerprint density at radius 2 is 2.00 bits per heavy atom. The van der Waals surface area contributed by atoms with Gasteiger partial charge in [0.2, 0.25) is 0 Å². The molecule has 2 heterocycles. The van der Waals surface area contributed by atoms with Gasteiger partial charge in [-0.25, -0.2) is 4.79 Å². The van der Waals surface area contributed by atoms with Gasteiger partial charge in [0, 0.05) is 23.6 Å². The van der Waals surface area contributed by atoms with Gasteiger partial charge in [-0.1, -0.05) is 48.0 Å². The van der Waals surface area contributed by atoms with Crippen molar-refractivity contribution >= 4 is 22.4 Å². The fourth-order valence-electron chi connectivity index (χ4n) is 3.29. The molecule has 132 valence electrons. The van der Waals surface area contributed by atoms with E-state index in [0.717, 1.165) is 36.0 Å². The van der Waals surface area contributed by atoms with E-state index in [-0.39, 0.29) is 12.6 Å². The number of hydrogen-bond donors (Lipinski definition) is 2. The van der Waals surface area contributed by atoms with Crippen LogP contribution in [0.25, 0.3) is 16.5 Å². The molecule has 0 aliphatic carbocycles. The molecule has 2 aromatic carbocycles. The smallest absolute Gasteiger partial charge is 0.340 e. The molecule has 1 aromatic heterocycles. The fraction of sp³-hybridized carbons (Fsp3) is 0.227. The molecule has 3 aromatic rings. The van der Waals surface area contributed by atoms with Gasteiger partial charge >= 0.3 is 5.97 Å². The van der Waals surface area contributed by atoms with Gasteiger partial charge in [-0.2, -0.15) is 0 Å². The zero-order valence-corrected chi connectivity index (χ0v) is 14.8. The maximum atomic E-state index is 12.5. The van der Waals surface area contributed by atoms with Gasteiger partial charge in [0.1, 0.15) is 6.61 Å². The second-order valence-corrected chi connectivity index (χ2v) is 6.71. The maximum Gasteiger partial charge on any atom is 0.340 e. The minimum Gasteiger partial charge on any atom is -0.457 e. The molecule has 0 amide bonds. The van der Waals surface area contributed by atoms with Crippen LogP contribution in [-0.4, -0.2) is 24.0 Å². The van der Waals surface area contributed by atoms with Crippen LogP contribution in [0.5, 0.6) is 0 Å². The number of carbonyl (C=O) groups is 1. The first-order chi connectivity index (χ1) is 12.7. The first kappa shape index (κ1) is 16.6. The number of aromatic nitrogens is 1. The van der Waals surface area contributed by atoms with E-state index < -0.39 is 0 Å². The molecular formula is C22H22N2O2. The van der Waals surface area contributed by atoms with Crippen LogP contribution in [0.3, 0.4) is 0 Å². The summed E-state index contributed by atoms with van der Waals surface area (Å²) in [6, 6.07) is 14.2. The second kappa shape index (κ2) is 7.18. The molecule has 0 spiro atoms. The van der Waals surface area contributed by atoms with Gasteiger partial charge in [-0.3, -0.25) is 0 Å². The van der Waals surface area contributed by atoms with E-state index in [2.05, 4.69) is 28.5 Å². The third-order valence-electron chi connectivity index (χ3n) is 4.83. The second-order valence-electron chi connectivity index (χ2n) is 6.71. The van der Waals surface area contributed by atoms with Crippen molar-refractivity contribution in [1.82, 2.24) is 10.3 Å². The summed E-state index contributed by atoms with van der Waals surface area (Å²) in [7, 11) is 0. The van der Waals surface area contributed by atoms with E-state index >= 15 is 0 Å². The first-order valence-electron chi connectivity index (χ1n) is 8.94. The lowest BCUT2D eigenvalue weighted by Gasteiger charge is -2.14. The van der Waals surface area contributed by atoms with E-state index in [1.165, 1.54) is 16.7 Å². The summed E-state index contributed by atoms with van der Waals surface area (Å²) in [4.78, 5) is 15.7. The topological polar surface area (TPSA) is 54.1 Å². The maximum absolute atomic E-state index is 12.5. The Balaban J connectivity index is 1.52. The van der Waals surface area contributed by atoms with Gasteiger partial charge in [0.15, 0.2) is 0 Å². The highest BCUT2D eigenvalue weighted by molar-refractivity contribution is 6.04. The molecule has 4 nitrogen and oxygen atoms in total. The van der Waals surface area contributed by atoms with E-state index in [9.17, 15) is 4.79 Å². The van der Waals surface area contributed by atoms with Crippen LogP contribution in [0, 0.1) is 6.92 Å². The quantitative estimate of drug-likeness (QED) is 0.696. The molecule has 0 saturated carbocycles. The number of H-pyrrole nitrogens is 1. The summed E-state index contributed by atoms with van der Waals surface area (Å²) in [5, 5.41) is 4.23. The summed E-state index contributed by atoms with van der Waals surface area (Å²) in [5.41, 5.74) is 6.28. The van der Waals surface area contributed by atoms with Gasteiger partial charge in [0.25, 0.3) is 0 Å². The zero-order chi connectivity index (χ0) is 17.9. The lowest BCUT2D eigenvalue weighted by atomic mass is 9.99. The molecule has 0 radical (unpaired) electrons. The third kappa shape index (κ3) is 3.41. The molecule has 0 unspecified atom stereocenters. The normalized spacial score (nSPS) is 14.3. The molecular weight excluding hydrogens is 324 g/mol. The molecule has 26 heavy (non-hydrogen) atoms. The largest absolute Gasteiger partial charge is 0.457 e. The molecule has 0 bridgehead atoms. The summed E-state index contributed by atoms with van der Waals surface area (Å²) < 4.78 is 5.49. The van der Waals surface area contributed by atoms with Gasteiger partial charge in [-0.05, 0) is 42.7 Å². The number of rotatable bonds is 4. The number of benzene rings is 2. The minimum atomic E-state index is -0.300. The van der Waals surface area contributed by atoms with Crippen molar-refractivity contribution in [3.63, 3.8) is 0 Å². The number of aromatic amines is 1. The Morgan fingerprint density at radius 1 is 1.15 bits per heavy atom. The van der Waals surface area contributed by atoms with Crippen LogP contribution < -0.4 is 5.32 Å². The van der Waals surface area contributed by atoms with Crippen molar-refractivity contribution in [2.45, 2.75) is 20.0 Å². The average molecular weight is 346 g/mol. The number of esters is 1. The van der Waals surface area contributed by atoms with Crippen LogP contribution in [0.2, 0.25) is 0 Å². The van der Waals surface area contributed by atoms with Crippen molar-refractivity contribution in [3.8, 4) is 0 Å². The van der Waals surface area contributed by atoms with Gasteiger partial charge in [0.05, 0.1) is 5.56 Å². The number of carbonyl (C=O) groups excluding carboxylic acids is 1.